The highest BCUT2D eigenvalue weighted by atomic mass is 15.0. The molecule has 0 spiro atoms. The molecule has 2 N–H and O–H groups in total. The molecule has 1 aromatic carbocycles. The van der Waals surface area contributed by atoms with Gasteiger partial charge in [-0.15, -0.1) is 0 Å². The number of H-pyrrole nitrogens is 1. The Hall–Kier alpha value is -1.87. The molecule has 126 valence electrons. The molecule has 24 heavy (non-hydrogen) atoms. The van der Waals surface area contributed by atoms with Crippen LogP contribution in [-0.2, 0) is 6.54 Å². The van der Waals surface area contributed by atoms with E-state index in [2.05, 4.69) is 51.7 Å². The first-order valence-electron chi connectivity index (χ1n) is 9.39. The normalized spacial score (nSPS) is 24.2. The van der Waals surface area contributed by atoms with Crippen molar-refractivity contribution in [1.29, 1.82) is 0 Å². The van der Waals surface area contributed by atoms with Crippen LogP contribution in [-0.4, -0.2) is 16.0 Å². The van der Waals surface area contributed by atoms with Crippen molar-refractivity contribution in [2.24, 2.45) is 5.92 Å². The second-order valence-corrected chi connectivity index (χ2v) is 7.26. The average molecular weight is 321 g/mol. The SMILES string of the molecule is C1=CC(CC2CCC(NCc3nc4ccccc4[nH]3)CC2)=CCC1. The van der Waals surface area contributed by atoms with Gasteiger partial charge in [0.15, 0.2) is 0 Å². The maximum Gasteiger partial charge on any atom is 0.121 e. The summed E-state index contributed by atoms with van der Waals surface area (Å²) >= 11 is 0. The molecule has 0 aliphatic heterocycles. The number of rotatable bonds is 5. The largest absolute Gasteiger partial charge is 0.341 e. The summed E-state index contributed by atoms with van der Waals surface area (Å²) in [5.41, 5.74) is 3.76. The molecule has 1 fully saturated rings. The number of aromatic nitrogens is 2. The second-order valence-electron chi connectivity index (χ2n) is 7.26. The number of para-hydroxylation sites is 2. The first kappa shape index (κ1) is 15.6. The van der Waals surface area contributed by atoms with Gasteiger partial charge in [-0.3, -0.25) is 0 Å². The molecule has 0 bridgehead atoms. The van der Waals surface area contributed by atoms with Gasteiger partial charge < -0.3 is 10.3 Å². The number of hydrogen-bond acceptors (Lipinski definition) is 2. The van der Waals surface area contributed by atoms with E-state index in [9.17, 15) is 0 Å². The van der Waals surface area contributed by atoms with Gasteiger partial charge in [-0.2, -0.15) is 0 Å². The first-order chi connectivity index (χ1) is 11.9. The quantitative estimate of drug-likeness (QED) is 0.824. The van der Waals surface area contributed by atoms with E-state index in [0.717, 1.165) is 29.3 Å². The summed E-state index contributed by atoms with van der Waals surface area (Å²) in [4.78, 5) is 8.07. The standard InChI is InChI=1S/C21H27N3/c1-2-6-16(7-3-1)14-17-10-12-18(13-11-17)22-15-21-23-19-8-4-5-9-20(19)24-21/h2,4-9,17-18,22H,1,3,10-15H2,(H,23,24). The minimum Gasteiger partial charge on any atom is -0.341 e. The van der Waals surface area contributed by atoms with E-state index in [1.165, 1.54) is 44.9 Å². The first-order valence-corrected chi connectivity index (χ1v) is 9.39. The van der Waals surface area contributed by atoms with Crippen molar-refractivity contribution >= 4 is 11.0 Å². The number of allylic oxidation sites excluding steroid dienone is 4. The molecule has 0 unspecified atom stereocenters. The Bertz CT molecular complexity index is 699. The van der Waals surface area contributed by atoms with Crippen LogP contribution in [0.4, 0.5) is 0 Å². The molecule has 4 rings (SSSR count). The lowest BCUT2D eigenvalue weighted by Gasteiger charge is -2.29. The van der Waals surface area contributed by atoms with Crippen LogP contribution in [0.15, 0.2) is 48.1 Å². The number of fused-ring (bicyclic) bond motifs is 1. The maximum absolute atomic E-state index is 4.66. The van der Waals surface area contributed by atoms with Crippen LogP contribution in [0.5, 0.6) is 0 Å². The topological polar surface area (TPSA) is 40.7 Å². The van der Waals surface area contributed by atoms with Gasteiger partial charge in [0.2, 0.25) is 0 Å². The number of aromatic amines is 1. The Morgan fingerprint density at radius 2 is 1.96 bits per heavy atom. The van der Waals surface area contributed by atoms with Crippen molar-refractivity contribution in [1.82, 2.24) is 15.3 Å². The molecule has 3 heteroatoms. The lowest BCUT2D eigenvalue weighted by molar-refractivity contribution is 0.289. The van der Waals surface area contributed by atoms with Gasteiger partial charge in [-0.05, 0) is 63.0 Å². The predicted molar refractivity (Wildman–Crippen MR) is 99.8 cm³/mol. The molecule has 0 amide bonds. The van der Waals surface area contributed by atoms with E-state index in [1.54, 1.807) is 5.57 Å². The Morgan fingerprint density at radius 1 is 1.08 bits per heavy atom. The number of benzene rings is 1. The van der Waals surface area contributed by atoms with Crippen molar-refractivity contribution in [3.8, 4) is 0 Å². The molecule has 2 aliphatic carbocycles. The number of imidazole rings is 1. The smallest absolute Gasteiger partial charge is 0.121 e. The minimum atomic E-state index is 0.644. The van der Waals surface area contributed by atoms with E-state index < -0.39 is 0 Å². The fourth-order valence-corrected chi connectivity index (χ4v) is 4.05. The minimum absolute atomic E-state index is 0.644. The molecule has 0 radical (unpaired) electrons. The van der Waals surface area contributed by atoms with Crippen LogP contribution in [0.1, 0.15) is 50.8 Å². The zero-order chi connectivity index (χ0) is 16.2. The van der Waals surface area contributed by atoms with Crippen LogP contribution in [0.25, 0.3) is 11.0 Å². The zero-order valence-corrected chi connectivity index (χ0v) is 14.3. The summed E-state index contributed by atoms with van der Waals surface area (Å²) in [6.45, 7) is 0.845. The van der Waals surface area contributed by atoms with Crippen molar-refractivity contribution in [2.45, 2.75) is 57.5 Å². The van der Waals surface area contributed by atoms with Gasteiger partial charge in [0, 0.05) is 6.04 Å². The molecule has 2 aliphatic rings. The highest BCUT2D eigenvalue weighted by Gasteiger charge is 2.21. The summed E-state index contributed by atoms with van der Waals surface area (Å²) < 4.78 is 0. The number of hydrogen-bond donors (Lipinski definition) is 2. The van der Waals surface area contributed by atoms with E-state index >= 15 is 0 Å². The van der Waals surface area contributed by atoms with Gasteiger partial charge in [-0.25, -0.2) is 4.98 Å². The molecular formula is C21H27N3. The number of nitrogens with zero attached hydrogens (tertiary/aromatic N) is 1. The molecular weight excluding hydrogens is 294 g/mol. The van der Waals surface area contributed by atoms with Gasteiger partial charge in [0.25, 0.3) is 0 Å². The van der Waals surface area contributed by atoms with E-state index in [1.807, 2.05) is 6.07 Å². The Balaban J connectivity index is 1.24. The van der Waals surface area contributed by atoms with Gasteiger partial charge >= 0.3 is 0 Å². The third-order valence-corrected chi connectivity index (χ3v) is 5.44. The Morgan fingerprint density at radius 3 is 2.75 bits per heavy atom. The fraction of sp³-hybridized carbons (Fsp3) is 0.476. The molecule has 1 heterocycles. The van der Waals surface area contributed by atoms with Crippen LogP contribution in [0.2, 0.25) is 0 Å². The average Bonchev–Trinajstić information content (AvgIpc) is 3.05. The third-order valence-electron chi connectivity index (χ3n) is 5.44. The predicted octanol–water partition coefficient (Wildman–Crippen LogP) is 4.88. The van der Waals surface area contributed by atoms with Crippen LogP contribution in [0, 0.1) is 5.92 Å². The molecule has 3 nitrogen and oxygen atoms in total. The Labute approximate surface area is 144 Å². The monoisotopic (exact) mass is 321 g/mol. The Kier molecular flexibility index (Phi) is 4.79. The molecule has 0 saturated heterocycles. The van der Waals surface area contributed by atoms with E-state index in [4.69, 9.17) is 0 Å². The van der Waals surface area contributed by atoms with Crippen LogP contribution in [0.3, 0.4) is 0 Å². The van der Waals surface area contributed by atoms with Crippen molar-refractivity contribution in [3.05, 3.63) is 53.9 Å². The van der Waals surface area contributed by atoms with Crippen LogP contribution < -0.4 is 5.32 Å². The van der Waals surface area contributed by atoms with Crippen molar-refractivity contribution in [2.75, 3.05) is 0 Å². The summed E-state index contributed by atoms with van der Waals surface area (Å²) in [6.07, 6.45) is 16.1. The third kappa shape index (κ3) is 3.78. The summed E-state index contributed by atoms with van der Waals surface area (Å²) in [6, 6.07) is 8.89. The van der Waals surface area contributed by atoms with Gasteiger partial charge in [-0.1, -0.05) is 35.9 Å². The van der Waals surface area contributed by atoms with E-state index in [-0.39, 0.29) is 0 Å². The highest BCUT2D eigenvalue weighted by Crippen LogP contribution is 2.30. The summed E-state index contributed by atoms with van der Waals surface area (Å²) in [7, 11) is 0. The van der Waals surface area contributed by atoms with Crippen LogP contribution >= 0.6 is 0 Å². The van der Waals surface area contributed by atoms with Gasteiger partial charge in [0.1, 0.15) is 5.82 Å². The fourth-order valence-electron chi connectivity index (χ4n) is 4.05. The summed E-state index contributed by atoms with van der Waals surface area (Å²) in [5, 5.41) is 3.70. The van der Waals surface area contributed by atoms with Crippen molar-refractivity contribution in [3.63, 3.8) is 0 Å². The molecule has 1 saturated carbocycles. The second kappa shape index (κ2) is 7.35. The van der Waals surface area contributed by atoms with E-state index in [0.29, 0.717) is 6.04 Å². The molecule has 2 aromatic rings. The number of nitrogens with one attached hydrogen (secondary N) is 2. The zero-order valence-electron chi connectivity index (χ0n) is 14.3. The molecule has 1 aromatic heterocycles. The van der Waals surface area contributed by atoms with Crippen molar-refractivity contribution < 1.29 is 0 Å². The maximum atomic E-state index is 4.66. The molecule has 0 atom stereocenters. The summed E-state index contributed by atoms with van der Waals surface area (Å²) in [5.74, 6) is 1.93. The van der Waals surface area contributed by atoms with Gasteiger partial charge in [0.05, 0.1) is 17.6 Å². The lowest BCUT2D eigenvalue weighted by atomic mass is 9.81. The highest BCUT2D eigenvalue weighted by molar-refractivity contribution is 5.74. The lowest BCUT2D eigenvalue weighted by Crippen LogP contribution is -2.33.